The van der Waals surface area contributed by atoms with Crippen LogP contribution in [0.3, 0.4) is 0 Å². The number of nitriles is 2. The molecule has 0 bridgehead atoms. The van der Waals surface area contributed by atoms with Crippen LogP contribution < -0.4 is 5.32 Å². The standard InChI is InChI=1S/C16H18BrN3O/c1-3-7-16(11-19,8-4-2)15(21)20-14-9-13(17)6-5-12(14)10-18/h5-6,9H,3-4,7-8H2,1-2H3,(H,20,21). The molecule has 0 aliphatic heterocycles. The molecule has 0 fully saturated rings. The Labute approximate surface area is 133 Å². The van der Waals surface area contributed by atoms with Crippen molar-refractivity contribution in [2.45, 2.75) is 39.5 Å². The number of rotatable bonds is 6. The summed E-state index contributed by atoms with van der Waals surface area (Å²) in [5, 5.41) is 21.3. The summed E-state index contributed by atoms with van der Waals surface area (Å²) in [4.78, 5) is 12.6. The highest BCUT2D eigenvalue weighted by Gasteiger charge is 2.37. The Bertz CT molecular complexity index is 593. The molecule has 0 atom stereocenters. The molecule has 0 aliphatic carbocycles. The SMILES string of the molecule is CCCC(C#N)(CCC)C(=O)Nc1cc(Br)ccc1C#N. The third-order valence-corrected chi connectivity index (χ3v) is 3.85. The third-order valence-electron chi connectivity index (χ3n) is 3.35. The smallest absolute Gasteiger partial charge is 0.244 e. The third kappa shape index (κ3) is 4.06. The van der Waals surface area contributed by atoms with Crippen molar-refractivity contribution < 1.29 is 4.79 Å². The number of nitrogens with one attached hydrogen (secondary N) is 1. The van der Waals surface area contributed by atoms with Gasteiger partial charge in [0.15, 0.2) is 0 Å². The molecule has 4 nitrogen and oxygen atoms in total. The Hall–Kier alpha value is -1.85. The van der Waals surface area contributed by atoms with Crippen molar-refractivity contribution >= 4 is 27.5 Å². The normalized spacial score (nSPS) is 10.5. The molecule has 1 N–H and O–H groups in total. The zero-order valence-electron chi connectivity index (χ0n) is 12.2. The van der Waals surface area contributed by atoms with Gasteiger partial charge in [0.05, 0.1) is 17.3 Å². The molecule has 0 spiro atoms. The lowest BCUT2D eigenvalue weighted by atomic mass is 9.79. The van der Waals surface area contributed by atoms with Crippen LogP contribution in [0.4, 0.5) is 5.69 Å². The van der Waals surface area contributed by atoms with E-state index >= 15 is 0 Å². The second-order valence-electron chi connectivity index (χ2n) is 4.95. The minimum atomic E-state index is -1.03. The number of anilines is 1. The van der Waals surface area contributed by atoms with E-state index in [-0.39, 0.29) is 5.91 Å². The zero-order valence-corrected chi connectivity index (χ0v) is 13.8. The first-order chi connectivity index (χ1) is 10.0. The topological polar surface area (TPSA) is 76.7 Å². The lowest BCUT2D eigenvalue weighted by molar-refractivity contribution is -0.123. The highest BCUT2D eigenvalue weighted by molar-refractivity contribution is 9.10. The quantitative estimate of drug-likeness (QED) is 0.829. The van der Waals surface area contributed by atoms with Crippen molar-refractivity contribution in [2.24, 2.45) is 5.41 Å². The summed E-state index contributed by atoms with van der Waals surface area (Å²) >= 11 is 3.32. The maximum Gasteiger partial charge on any atom is 0.244 e. The zero-order chi connectivity index (χ0) is 15.9. The Balaban J connectivity index is 3.11. The van der Waals surface area contributed by atoms with Crippen molar-refractivity contribution in [3.8, 4) is 12.1 Å². The summed E-state index contributed by atoms with van der Waals surface area (Å²) in [5.41, 5.74) is -0.214. The average molecular weight is 348 g/mol. The Kier molecular flexibility index (Phi) is 6.39. The van der Waals surface area contributed by atoms with Gasteiger partial charge < -0.3 is 5.32 Å². The van der Waals surface area contributed by atoms with E-state index in [2.05, 4.69) is 27.3 Å². The average Bonchev–Trinajstić information content (AvgIpc) is 2.47. The van der Waals surface area contributed by atoms with Crippen LogP contribution in [0.5, 0.6) is 0 Å². The fourth-order valence-electron chi connectivity index (χ4n) is 2.33. The molecule has 0 saturated carbocycles. The molecule has 0 unspecified atom stereocenters. The number of hydrogen-bond donors (Lipinski definition) is 1. The number of halogens is 1. The van der Waals surface area contributed by atoms with Crippen molar-refractivity contribution in [2.75, 3.05) is 5.32 Å². The molecule has 0 aliphatic rings. The highest BCUT2D eigenvalue weighted by Crippen LogP contribution is 2.32. The van der Waals surface area contributed by atoms with E-state index in [1.54, 1.807) is 18.2 Å². The van der Waals surface area contributed by atoms with Crippen molar-refractivity contribution in [3.63, 3.8) is 0 Å². The van der Waals surface area contributed by atoms with Crippen LogP contribution in [0.25, 0.3) is 0 Å². The maximum atomic E-state index is 12.6. The van der Waals surface area contributed by atoms with Gasteiger partial charge in [-0.15, -0.1) is 0 Å². The summed E-state index contributed by atoms with van der Waals surface area (Å²) in [6.07, 6.45) is 2.53. The summed E-state index contributed by atoms with van der Waals surface area (Å²) in [5.74, 6) is -0.330. The highest BCUT2D eigenvalue weighted by atomic mass is 79.9. The molecule has 1 rings (SSSR count). The van der Waals surface area contributed by atoms with Crippen LogP contribution in [0.2, 0.25) is 0 Å². The van der Waals surface area contributed by atoms with Gasteiger partial charge in [-0.3, -0.25) is 4.79 Å². The predicted molar refractivity (Wildman–Crippen MR) is 85.3 cm³/mol. The van der Waals surface area contributed by atoms with Gasteiger partial charge in [0.1, 0.15) is 11.5 Å². The molecule has 0 aromatic heterocycles. The fraction of sp³-hybridized carbons (Fsp3) is 0.438. The van der Waals surface area contributed by atoms with Crippen LogP contribution in [0, 0.1) is 28.1 Å². The van der Waals surface area contributed by atoms with Crippen molar-refractivity contribution in [1.82, 2.24) is 0 Å². The van der Waals surface area contributed by atoms with Crippen molar-refractivity contribution in [1.29, 1.82) is 10.5 Å². The molecule has 21 heavy (non-hydrogen) atoms. The van der Waals surface area contributed by atoms with Gasteiger partial charge in [0, 0.05) is 4.47 Å². The van der Waals surface area contributed by atoms with Gasteiger partial charge in [0.25, 0.3) is 0 Å². The minimum absolute atomic E-state index is 0.330. The second kappa shape index (κ2) is 7.81. The minimum Gasteiger partial charge on any atom is -0.323 e. The molecular weight excluding hydrogens is 330 g/mol. The molecule has 1 amide bonds. The second-order valence-corrected chi connectivity index (χ2v) is 5.87. The van der Waals surface area contributed by atoms with Crippen LogP contribution in [0.1, 0.15) is 45.1 Å². The first kappa shape index (κ1) is 17.2. The summed E-state index contributed by atoms with van der Waals surface area (Å²) in [6.45, 7) is 3.91. The lowest BCUT2D eigenvalue weighted by Crippen LogP contribution is -2.35. The van der Waals surface area contributed by atoms with E-state index in [4.69, 9.17) is 5.26 Å². The van der Waals surface area contributed by atoms with Crippen LogP contribution in [-0.4, -0.2) is 5.91 Å². The molecule has 110 valence electrons. The first-order valence-corrected chi connectivity index (χ1v) is 7.74. The number of benzene rings is 1. The van der Waals surface area contributed by atoms with E-state index in [0.29, 0.717) is 24.1 Å². The fourth-order valence-corrected chi connectivity index (χ4v) is 2.69. The van der Waals surface area contributed by atoms with E-state index < -0.39 is 5.41 Å². The van der Waals surface area contributed by atoms with E-state index in [0.717, 1.165) is 17.3 Å². The van der Waals surface area contributed by atoms with Gasteiger partial charge in [0.2, 0.25) is 5.91 Å². The van der Waals surface area contributed by atoms with E-state index in [9.17, 15) is 10.1 Å². The summed E-state index contributed by atoms with van der Waals surface area (Å²) < 4.78 is 0.769. The van der Waals surface area contributed by atoms with E-state index in [1.165, 1.54) is 0 Å². The number of carbonyl (C=O) groups excluding carboxylic acids is 1. The van der Waals surface area contributed by atoms with E-state index in [1.807, 2.05) is 19.9 Å². The summed E-state index contributed by atoms with van der Waals surface area (Å²) in [6, 6.07) is 9.28. The number of nitrogens with zero attached hydrogens (tertiary/aromatic N) is 2. The van der Waals surface area contributed by atoms with Gasteiger partial charge >= 0.3 is 0 Å². The monoisotopic (exact) mass is 347 g/mol. The molecular formula is C16H18BrN3O. The molecule has 0 heterocycles. The number of amides is 1. The lowest BCUT2D eigenvalue weighted by Gasteiger charge is -2.24. The van der Waals surface area contributed by atoms with Gasteiger partial charge in [-0.1, -0.05) is 42.6 Å². The Morgan fingerprint density at radius 2 is 1.90 bits per heavy atom. The molecule has 1 aromatic rings. The van der Waals surface area contributed by atoms with Gasteiger partial charge in [-0.25, -0.2) is 0 Å². The molecule has 5 heteroatoms. The first-order valence-electron chi connectivity index (χ1n) is 6.95. The molecule has 0 radical (unpaired) electrons. The van der Waals surface area contributed by atoms with Crippen LogP contribution >= 0.6 is 15.9 Å². The maximum absolute atomic E-state index is 12.6. The van der Waals surface area contributed by atoms with Crippen LogP contribution in [0.15, 0.2) is 22.7 Å². The number of hydrogen-bond acceptors (Lipinski definition) is 3. The van der Waals surface area contributed by atoms with Gasteiger partial charge in [-0.05, 0) is 31.0 Å². The number of carbonyl (C=O) groups is 1. The van der Waals surface area contributed by atoms with Crippen molar-refractivity contribution in [3.05, 3.63) is 28.2 Å². The largest absolute Gasteiger partial charge is 0.323 e. The van der Waals surface area contributed by atoms with Gasteiger partial charge in [-0.2, -0.15) is 10.5 Å². The molecule has 1 aromatic carbocycles. The van der Waals surface area contributed by atoms with Crippen LogP contribution in [-0.2, 0) is 4.79 Å². The Morgan fingerprint density at radius 3 is 2.38 bits per heavy atom. The summed E-state index contributed by atoms with van der Waals surface area (Å²) in [7, 11) is 0. The molecule has 0 saturated heterocycles. The predicted octanol–water partition coefficient (Wildman–Crippen LogP) is 4.37. The Morgan fingerprint density at radius 1 is 1.29 bits per heavy atom.